The highest BCUT2D eigenvalue weighted by atomic mass is 35.5. The number of phenols is 1. The molecular formula is C18H21ClN2O. The highest BCUT2D eigenvalue weighted by molar-refractivity contribution is 6.30. The Bertz CT molecular complexity index is 667. The molecular weight excluding hydrogens is 296 g/mol. The van der Waals surface area contributed by atoms with Crippen molar-refractivity contribution in [3.05, 3.63) is 58.6 Å². The number of anilines is 1. The van der Waals surface area contributed by atoms with Gasteiger partial charge in [0.25, 0.3) is 0 Å². The van der Waals surface area contributed by atoms with Gasteiger partial charge < -0.3 is 15.8 Å². The van der Waals surface area contributed by atoms with Gasteiger partial charge in [-0.15, -0.1) is 0 Å². The number of hydrogen-bond acceptors (Lipinski definition) is 3. The molecule has 3 N–H and O–H groups in total. The molecule has 22 heavy (non-hydrogen) atoms. The summed E-state index contributed by atoms with van der Waals surface area (Å²) in [5.41, 5.74) is 3.48. The maximum atomic E-state index is 10.1. The van der Waals surface area contributed by atoms with Crippen LogP contribution in [0.15, 0.2) is 42.5 Å². The van der Waals surface area contributed by atoms with Crippen molar-refractivity contribution < 1.29 is 5.11 Å². The summed E-state index contributed by atoms with van der Waals surface area (Å²) >= 11 is 5.88. The van der Waals surface area contributed by atoms with Gasteiger partial charge in [-0.1, -0.05) is 48.4 Å². The van der Waals surface area contributed by atoms with Crippen LogP contribution in [0.2, 0.25) is 5.02 Å². The fourth-order valence-corrected chi connectivity index (χ4v) is 2.48. The number of nitrogens with one attached hydrogen (secondary N) is 2. The smallest absolute Gasteiger partial charge is 0.140 e. The van der Waals surface area contributed by atoms with Crippen LogP contribution in [0, 0.1) is 18.3 Å². The van der Waals surface area contributed by atoms with Crippen LogP contribution in [0.1, 0.15) is 31.0 Å². The van der Waals surface area contributed by atoms with Crippen LogP contribution in [0.5, 0.6) is 5.75 Å². The molecule has 0 aromatic heterocycles. The van der Waals surface area contributed by atoms with Gasteiger partial charge in [0.2, 0.25) is 0 Å². The van der Waals surface area contributed by atoms with E-state index < -0.39 is 0 Å². The normalized spacial score (nSPS) is 13.5. The van der Waals surface area contributed by atoms with Crippen molar-refractivity contribution >= 4 is 23.0 Å². The number of phenolic OH excluding ortho intramolecular Hbond substituents is 1. The predicted molar refractivity (Wildman–Crippen MR) is 93.2 cm³/mol. The summed E-state index contributed by atoms with van der Waals surface area (Å²) < 4.78 is 0. The molecule has 0 aliphatic rings. The van der Waals surface area contributed by atoms with Crippen LogP contribution in [0.3, 0.4) is 0 Å². The fraction of sp³-hybridized carbons (Fsp3) is 0.278. The zero-order valence-electron chi connectivity index (χ0n) is 13.0. The third-order valence-corrected chi connectivity index (χ3v) is 4.13. The van der Waals surface area contributed by atoms with Crippen molar-refractivity contribution in [3.8, 4) is 5.75 Å². The quantitative estimate of drug-likeness (QED) is 0.525. The Morgan fingerprint density at radius 3 is 2.36 bits per heavy atom. The van der Waals surface area contributed by atoms with E-state index in [0.717, 1.165) is 5.56 Å². The molecule has 0 radical (unpaired) electrons. The van der Waals surface area contributed by atoms with E-state index in [0.29, 0.717) is 16.4 Å². The summed E-state index contributed by atoms with van der Waals surface area (Å²) in [6.45, 7) is 5.85. The van der Waals surface area contributed by atoms with Gasteiger partial charge >= 0.3 is 0 Å². The minimum absolute atomic E-state index is 0.00205. The average molecular weight is 317 g/mol. The van der Waals surface area contributed by atoms with Crippen molar-refractivity contribution in [2.24, 2.45) is 5.92 Å². The summed E-state index contributed by atoms with van der Waals surface area (Å²) in [5, 5.41) is 21.8. The van der Waals surface area contributed by atoms with Gasteiger partial charge in [0.05, 0.1) is 11.7 Å². The molecule has 0 bridgehead atoms. The first-order valence-corrected chi connectivity index (χ1v) is 7.63. The number of aryl methyl sites for hydroxylation is 1. The van der Waals surface area contributed by atoms with Gasteiger partial charge in [-0.2, -0.15) is 0 Å². The average Bonchev–Trinajstić information content (AvgIpc) is 2.47. The van der Waals surface area contributed by atoms with Crippen LogP contribution in [0.25, 0.3) is 0 Å². The van der Waals surface area contributed by atoms with Gasteiger partial charge in [-0.25, -0.2) is 0 Å². The molecule has 0 amide bonds. The van der Waals surface area contributed by atoms with Crippen LogP contribution >= 0.6 is 11.6 Å². The van der Waals surface area contributed by atoms with Crippen LogP contribution in [-0.2, 0) is 0 Å². The second kappa shape index (κ2) is 6.84. The van der Waals surface area contributed by atoms with E-state index in [1.54, 1.807) is 19.1 Å². The van der Waals surface area contributed by atoms with Crippen molar-refractivity contribution in [1.29, 1.82) is 5.41 Å². The minimum Gasteiger partial charge on any atom is -0.506 e. The number of hydrogen-bond donors (Lipinski definition) is 3. The van der Waals surface area contributed by atoms with Crippen molar-refractivity contribution in [1.82, 2.24) is 0 Å². The Kier molecular flexibility index (Phi) is 5.09. The van der Waals surface area contributed by atoms with Gasteiger partial charge in [-0.3, -0.25) is 0 Å². The summed E-state index contributed by atoms with van der Waals surface area (Å²) in [7, 11) is 0. The Hall–Kier alpha value is -2.00. The second-order valence-electron chi connectivity index (χ2n) is 5.67. The SMILES string of the molecule is CC(=N)C(C)C(Nc1ccc(Cl)cc1O)c1ccc(C)cc1. The maximum absolute atomic E-state index is 10.1. The minimum atomic E-state index is -0.0924. The lowest BCUT2D eigenvalue weighted by atomic mass is 9.90. The first kappa shape index (κ1) is 16.4. The summed E-state index contributed by atoms with van der Waals surface area (Å²) in [6, 6.07) is 13.1. The molecule has 2 aromatic carbocycles. The van der Waals surface area contributed by atoms with Crippen LogP contribution in [0.4, 0.5) is 5.69 Å². The molecule has 4 heteroatoms. The lowest BCUT2D eigenvalue weighted by Gasteiger charge is -2.27. The molecule has 2 unspecified atom stereocenters. The van der Waals surface area contributed by atoms with Crippen molar-refractivity contribution in [2.75, 3.05) is 5.32 Å². The van der Waals surface area contributed by atoms with Crippen molar-refractivity contribution in [2.45, 2.75) is 26.8 Å². The Balaban J connectivity index is 2.36. The monoisotopic (exact) mass is 316 g/mol. The molecule has 3 nitrogen and oxygen atoms in total. The lowest BCUT2D eigenvalue weighted by Crippen LogP contribution is -2.23. The third-order valence-electron chi connectivity index (χ3n) is 3.89. The standard InChI is InChI=1S/C18H21ClN2O/c1-11-4-6-14(7-5-11)18(12(2)13(3)20)21-16-9-8-15(19)10-17(16)22/h4-10,12,18,20-22H,1-3H3. The van der Waals surface area contributed by atoms with Crippen LogP contribution in [-0.4, -0.2) is 10.8 Å². The van der Waals surface area contributed by atoms with E-state index in [4.69, 9.17) is 17.0 Å². The Morgan fingerprint density at radius 2 is 1.82 bits per heavy atom. The van der Waals surface area contributed by atoms with Gasteiger partial charge in [0.15, 0.2) is 0 Å². The lowest BCUT2D eigenvalue weighted by molar-refractivity contribution is 0.475. The largest absolute Gasteiger partial charge is 0.506 e. The zero-order valence-corrected chi connectivity index (χ0v) is 13.8. The van der Waals surface area contributed by atoms with E-state index in [2.05, 4.69) is 29.6 Å². The Labute approximate surface area is 136 Å². The van der Waals surface area contributed by atoms with E-state index in [9.17, 15) is 5.11 Å². The van der Waals surface area contributed by atoms with E-state index >= 15 is 0 Å². The second-order valence-corrected chi connectivity index (χ2v) is 6.10. The number of rotatable bonds is 5. The molecule has 0 aliphatic carbocycles. The van der Waals surface area contributed by atoms with Gasteiger partial charge in [-0.05, 0) is 31.5 Å². The predicted octanol–water partition coefficient (Wildman–Crippen LogP) is 5.18. The molecule has 0 heterocycles. The highest BCUT2D eigenvalue weighted by Gasteiger charge is 2.22. The highest BCUT2D eigenvalue weighted by Crippen LogP contribution is 2.33. The van der Waals surface area contributed by atoms with E-state index in [1.165, 1.54) is 11.6 Å². The molecule has 0 spiro atoms. The summed E-state index contributed by atoms with van der Waals surface area (Å²) in [6.07, 6.45) is 0. The van der Waals surface area contributed by atoms with E-state index in [1.807, 2.05) is 13.8 Å². The Morgan fingerprint density at radius 1 is 1.18 bits per heavy atom. The number of halogens is 1. The molecule has 0 fully saturated rings. The van der Waals surface area contributed by atoms with Crippen LogP contribution < -0.4 is 5.32 Å². The molecule has 0 saturated heterocycles. The molecule has 2 rings (SSSR count). The van der Waals surface area contributed by atoms with Crippen molar-refractivity contribution in [3.63, 3.8) is 0 Å². The van der Waals surface area contributed by atoms with Gasteiger partial charge in [0, 0.05) is 22.7 Å². The molecule has 116 valence electrons. The molecule has 2 atom stereocenters. The zero-order chi connectivity index (χ0) is 16.3. The number of aromatic hydroxyl groups is 1. The summed E-state index contributed by atoms with van der Waals surface area (Å²) in [5.74, 6) is 0.109. The summed E-state index contributed by atoms with van der Waals surface area (Å²) in [4.78, 5) is 0. The van der Waals surface area contributed by atoms with E-state index in [-0.39, 0.29) is 17.7 Å². The fourth-order valence-electron chi connectivity index (χ4n) is 2.32. The molecule has 0 saturated carbocycles. The molecule has 0 aliphatic heterocycles. The first-order valence-electron chi connectivity index (χ1n) is 7.25. The molecule has 2 aromatic rings. The topological polar surface area (TPSA) is 56.1 Å². The van der Waals surface area contributed by atoms with Gasteiger partial charge in [0.1, 0.15) is 5.75 Å². The first-order chi connectivity index (χ1) is 10.4. The third kappa shape index (κ3) is 3.80. The maximum Gasteiger partial charge on any atom is 0.140 e. The number of benzene rings is 2.